The number of aryl methyl sites for hydroxylation is 1. The van der Waals surface area contributed by atoms with Crippen molar-refractivity contribution in [1.82, 2.24) is 9.97 Å². The van der Waals surface area contributed by atoms with E-state index in [4.69, 9.17) is 26.3 Å². The summed E-state index contributed by atoms with van der Waals surface area (Å²) < 4.78 is 6.62. The van der Waals surface area contributed by atoms with Crippen molar-refractivity contribution in [2.24, 2.45) is 16.7 Å². The first-order chi connectivity index (χ1) is 15.1. The van der Waals surface area contributed by atoms with Gasteiger partial charge in [0.25, 0.3) is 0 Å². The first kappa shape index (κ1) is 25.1. The van der Waals surface area contributed by atoms with Crippen molar-refractivity contribution in [2.45, 2.75) is 13.8 Å². The van der Waals surface area contributed by atoms with Gasteiger partial charge in [-0.3, -0.25) is 0 Å². The summed E-state index contributed by atoms with van der Waals surface area (Å²) in [6, 6.07) is 10.0. The zero-order valence-corrected chi connectivity index (χ0v) is 20.3. The Labute approximate surface area is 192 Å². The molecule has 0 bridgehead atoms. The van der Waals surface area contributed by atoms with Crippen LogP contribution in [0.25, 0.3) is 21.6 Å². The third kappa shape index (κ3) is 6.90. The molecule has 1 saturated heterocycles. The number of fused-ring (bicyclic) bond motifs is 1. The average molecular weight is 461 g/mol. The van der Waals surface area contributed by atoms with E-state index in [1.807, 2.05) is 43.7 Å². The molecule has 31 heavy (non-hydrogen) atoms. The molecule has 3 aromatic rings. The predicted octanol–water partition coefficient (Wildman–Crippen LogP) is 3.74. The summed E-state index contributed by atoms with van der Waals surface area (Å²) in [5.41, 5.74) is 7.66. The first-order valence-electron chi connectivity index (χ1n) is 10.1. The Morgan fingerprint density at radius 3 is 2.52 bits per heavy atom. The van der Waals surface area contributed by atoms with E-state index in [0.29, 0.717) is 5.82 Å². The highest BCUT2D eigenvalue weighted by atomic mass is 32.2. The zero-order valence-electron chi connectivity index (χ0n) is 18.7. The zero-order chi connectivity index (χ0) is 22.6. The molecule has 1 fully saturated rings. The fraction of sp³-hybridized carbons (Fsp3) is 0.409. The lowest BCUT2D eigenvalue weighted by molar-refractivity contribution is 0.122. The molecule has 2 aromatic heterocycles. The lowest BCUT2D eigenvalue weighted by Gasteiger charge is -2.28. The summed E-state index contributed by atoms with van der Waals surface area (Å²) in [7, 11) is 0. The van der Waals surface area contributed by atoms with Gasteiger partial charge in [0.2, 0.25) is 0 Å². The van der Waals surface area contributed by atoms with Gasteiger partial charge in [-0.25, -0.2) is 9.97 Å². The number of hydrogen-bond acceptors (Lipinski definition) is 9. The molecular weight excluding hydrogens is 428 g/mol. The molecule has 7 nitrogen and oxygen atoms in total. The number of anilines is 1. The van der Waals surface area contributed by atoms with Gasteiger partial charge in [-0.05, 0) is 32.0 Å². The van der Waals surface area contributed by atoms with Crippen LogP contribution in [-0.4, -0.2) is 61.5 Å². The fourth-order valence-electron chi connectivity index (χ4n) is 3.04. The Hall–Kier alpha value is -2.20. The quantitative estimate of drug-likeness (QED) is 0.349. The smallest absolute Gasteiger partial charge is 0.162 e. The normalized spacial score (nSPS) is 13.5. The van der Waals surface area contributed by atoms with E-state index < -0.39 is 0 Å². The number of aromatic nitrogens is 2. The van der Waals surface area contributed by atoms with E-state index >= 15 is 0 Å². The standard InChI is InChI=1S/C18H19N5OS.C2H7N.C2H6S/c1-12-10-15-16(25-12)18(23-6-8-24-9-7-23)22-17(21-15)14-5-3-2-4-13(14)11-20-19;1-2-3;1-3-2/h2-5,10-11H,6-9,19H2,1H3;2-3H2,1H3;1-2H3/b20-11-;;. The number of nitrogens with zero attached hydrogens (tertiary/aromatic N) is 4. The topological polar surface area (TPSA) is 103 Å². The second kappa shape index (κ2) is 13.3. The van der Waals surface area contributed by atoms with Gasteiger partial charge in [0.15, 0.2) is 11.6 Å². The van der Waals surface area contributed by atoms with Crippen LogP contribution < -0.4 is 16.5 Å². The van der Waals surface area contributed by atoms with Crippen LogP contribution in [0.15, 0.2) is 35.4 Å². The number of thiophene rings is 1. The van der Waals surface area contributed by atoms with Gasteiger partial charge >= 0.3 is 0 Å². The highest BCUT2D eigenvalue weighted by molar-refractivity contribution is 7.97. The molecule has 0 unspecified atom stereocenters. The lowest BCUT2D eigenvalue weighted by atomic mass is 10.1. The number of benzene rings is 1. The van der Waals surface area contributed by atoms with E-state index in [9.17, 15) is 0 Å². The number of rotatable bonds is 3. The SMILES string of the molecule is CCN.CSC.Cc1cc2nc(-c3ccccc3/C=N\N)nc(N3CCOCC3)c2s1. The van der Waals surface area contributed by atoms with Crippen molar-refractivity contribution >= 4 is 45.3 Å². The first-order valence-corrected chi connectivity index (χ1v) is 12.6. The Bertz CT molecular complexity index is 968. The number of thioether (sulfide) groups is 1. The van der Waals surface area contributed by atoms with E-state index in [1.165, 1.54) is 4.88 Å². The molecule has 9 heteroatoms. The van der Waals surface area contributed by atoms with Crippen LogP contribution in [0.1, 0.15) is 17.4 Å². The minimum atomic E-state index is 0.697. The molecule has 0 spiro atoms. The maximum Gasteiger partial charge on any atom is 0.162 e. The monoisotopic (exact) mass is 460 g/mol. The van der Waals surface area contributed by atoms with Gasteiger partial charge in [-0.15, -0.1) is 11.3 Å². The molecule has 0 saturated carbocycles. The highest BCUT2D eigenvalue weighted by Gasteiger charge is 2.20. The summed E-state index contributed by atoms with van der Waals surface area (Å²) in [6.07, 6.45) is 5.72. The second-order valence-electron chi connectivity index (χ2n) is 6.72. The van der Waals surface area contributed by atoms with Crippen LogP contribution in [0, 0.1) is 6.92 Å². The van der Waals surface area contributed by atoms with Gasteiger partial charge in [-0.1, -0.05) is 31.2 Å². The maximum absolute atomic E-state index is 5.49. The molecule has 0 radical (unpaired) electrons. The van der Waals surface area contributed by atoms with Gasteiger partial charge in [0, 0.05) is 29.1 Å². The molecule has 1 aliphatic rings. The molecule has 4 N–H and O–H groups in total. The van der Waals surface area contributed by atoms with Crippen LogP contribution in [0.3, 0.4) is 0 Å². The van der Waals surface area contributed by atoms with Crippen LogP contribution in [0.5, 0.6) is 0 Å². The molecule has 0 atom stereocenters. The van der Waals surface area contributed by atoms with E-state index in [2.05, 4.69) is 23.0 Å². The van der Waals surface area contributed by atoms with Gasteiger partial charge in [0.1, 0.15) is 0 Å². The third-order valence-electron chi connectivity index (χ3n) is 4.20. The second-order valence-corrected chi connectivity index (χ2v) is 8.80. The fourth-order valence-corrected chi connectivity index (χ4v) is 4.01. The van der Waals surface area contributed by atoms with Crippen molar-refractivity contribution in [3.8, 4) is 11.4 Å². The highest BCUT2D eigenvalue weighted by Crippen LogP contribution is 2.34. The Balaban J connectivity index is 0.000000513. The maximum atomic E-state index is 5.49. The molecule has 168 valence electrons. The van der Waals surface area contributed by atoms with Crippen molar-refractivity contribution < 1.29 is 4.74 Å². The molecule has 1 aromatic carbocycles. The number of hydrogen-bond donors (Lipinski definition) is 2. The molecule has 0 aliphatic carbocycles. The van der Waals surface area contributed by atoms with Crippen molar-refractivity contribution in [3.63, 3.8) is 0 Å². The van der Waals surface area contributed by atoms with Crippen LogP contribution in [0.2, 0.25) is 0 Å². The van der Waals surface area contributed by atoms with Crippen molar-refractivity contribution in [2.75, 3.05) is 50.3 Å². The third-order valence-corrected chi connectivity index (χ3v) is 5.24. The largest absolute Gasteiger partial charge is 0.378 e. The van der Waals surface area contributed by atoms with E-state index in [0.717, 1.165) is 60.0 Å². The summed E-state index contributed by atoms with van der Waals surface area (Å²) in [6.45, 7) is 7.89. The van der Waals surface area contributed by atoms with Crippen molar-refractivity contribution in [3.05, 3.63) is 40.8 Å². The molecular formula is C22H32N6OS2. The number of nitrogens with two attached hydrogens (primary N) is 2. The summed E-state index contributed by atoms with van der Waals surface area (Å²) in [4.78, 5) is 13.2. The Morgan fingerprint density at radius 2 is 1.87 bits per heavy atom. The minimum absolute atomic E-state index is 0.697. The van der Waals surface area contributed by atoms with Crippen molar-refractivity contribution in [1.29, 1.82) is 0 Å². The summed E-state index contributed by atoms with van der Waals surface area (Å²) >= 11 is 3.49. The predicted molar refractivity (Wildman–Crippen MR) is 137 cm³/mol. The molecule has 1 aliphatic heterocycles. The lowest BCUT2D eigenvalue weighted by Crippen LogP contribution is -2.36. The number of hydrazone groups is 1. The Kier molecular flexibility index (Phi) is 10.7. The van der Waals surface area contributed by atoms with Gasteiger partial charge in [-0.2, -0.15) is 16.9 Å². The molecule has 4 rings (SSSR count). The van der Waals surface area contributed by atoms with Crippen LogP contribution in [-0.2, 0) is 4.74 Å². The van der Waals surface area contributed by atoms with E-state index in [-0.39, 0.29) is 0 Å². The van der Waals surface area contributed by atoms with Gasteiger partial charge < -0.3 is 21.2 Å². The van der Waals surface area contributed by atoms with Crippen LogP contribution in [0.4, 0.5) is 5.82 Å². The molecule has 3 heterocycles. The minimum Gasteiger partial charge on any atom is -0.378 e. The average Bonchev–Trinajstić information content (AvgIpc) is 3.15. The van der Waals surface area contributed by atoms with Crippen LogP contribution >= 0.6 is 23.1 Å². The number of ether oxygens (including phenoxy) is 1. The summed E-state index contributed by atoms with van der Waals surface area (Å²) in [5, 5.41) is 3.67. The van der Waals surface area contributed by atoms with E-state index in [1.54, 1.807) is 29.3 Å². The Morgan fingerprint density at radius 1 is 1.23 bits per heavy atom. The van der Waals surface area contributed by atoms with Gasteiger partial charge in [0.05, 0.1) is 29.6 Å². The number of morpholine rings is 1. The summed E-state index contributed by atoms with van der Waals surface area (Å²) in [5.74, 6) is 7.04. The molecule has 0 amide bonds.